The average Bonchev–Trinajstić information content (AvgIpc) is 3.28. The number of hydrogen-bond donors (Lipinski definition) is 2. The number of anilines is 1. The number of aryl methyl sites for hydroxylation is 1. The zero-order valence-electron chi connectivity index (χ0n) is 19.6. The summed E-state index contributed by atoms with van der Waals surface area (Å²) in [5.41, 5.74) is 13.3. The largest absolute Gasteiger partial charge is 0.497 e. The molecule has 2 aliphatic rings. The topological polar surface area (TPSA) is 55.0 Å². The minimum Gasteiger partial charge on any atom is -0.497 e. The van der Waals surface area contributed by atoms with Gasteiger partial charge in [0.15, 0.2) is 11.5 Å². The Kier molecular flexibility index (Phi) is 5.87. The summed E-state index contributed by atoms with van der Waals surface area (Å²) < 4.78 is 16.6. The Balaban J connectivity index is 1.54. The second-order valence-electron chi connectivity index (χ2n) is 8.81. The minimum atomic E-state index is 0.168. The molecule has 6 heteroatoms. The van der Waals surface area contributed by atoms with E-state index in [9.17, 15) is 0 Å². The number of nitrogens with zero attached hydrogens (tertiary/aromatic N) is 1. The Hall–Kier alpha value is -3.22. The van der Waals surface area contributed by atoms with Crippen LogP contribution in [0.2, 0.25) is 0 Å². The van der Waals surface area contributed by atoms with Crippen molar-refractivity contribution in [2.75, 3.05) is 32.8 Å². The van der Waals surface area contributed by atoms with Crippen LogP contribution in [-0.2, 0) is 6.54 Å². The highest BCUT2D eigenvalue weighted by molar-refractivity contribution is 5.65. The molecule has 5 rings (SSSR count). The lowest BCUT2D eigenvalue weighted by molar-refractivity contribution is 0.350. The Morgan fingerprint density at radius 1 is 0.818 bits per heavy atom. The van der Waals surface area contributed by atoms with E-state index in [0.29, 0.717) is 5.92 Å². The van der Waals surface area contributed by atoms with Gasteiger partial charge in [-0.2, -0.15) is 0 Å². The first-order valence-corrected chi connectivity index (χ1v) is 11.3. The molecule has 3 aromatic rings. The first-order valence-electron chi connectivity index (χ1n) is 11.3. The average molecular weight is 446 g/mol. The van der Waals surface area contributed by atoms with E-state index in [2.05, 4.69) is 71.2 Å². The summed E-state index contributed by atoms with van der Waals surface area (Å²) in [6.07, 6.45) is 0. The monoisotopic (exact) mass is 445 g/mol. The fraction of sp³-hybridized carbons (Fsp3) is 0.333. The first kappa shape index (κ1) is 21.6. The fourth-order valence-corrected chi connectivity index (χ4v) is 5.07. The maximum atomic E-state index is 5.65. The third-order valence-electron chi connectivity index (χ3n) is 6.86. The van der Waals surface area contributed by atoms with E-state index in [1.54, 1.807) is 21.3 Å². The summed E-state index contributed by atoms with van der Waals surface area (Å²) in [7, 11) is 5.08. The van der Waals surface area contributed by atoms with Gasteiger partial charge in [-0.3, -0.25) is 0 Å². The fourth-order valence-electron chi connectivity index (χ4n) is 5.07. The summed E-state index contributed by atoms with van der Waals surface area (Å²) in [5.74, 6) is 2.71. The van der Waals surface area contributed by atoms with Crippen molar-refractivity contribution in [3.8, 4) is 17.2 Å². The standard InChI is InChI=1S/C27H31N3O3/c1-17-5-7-18(8-6-17)15-30-16-22-26(19-9-11-20(31-2)12-10-19)28-29-27(22)21-13-24(32-3)25(33-4)14-23(21)30/h5-14,22,26-29H,15-16H2,1-4H3. The normalized spacial score (nSPS) is 21.3. The molecule has 2 heterocycles. The second kappa shape index (κ2) is 8.96. The lowest BCUT2D eigenvalue weighted by Crippen LogP contribution is -2.39. The van der Waals surface area contributed by atoms with Crippen molar-refractivity contribution in [1.82, 2.24) is 10.9 Å². The van der Waals surface area contributed by atoms with E-state index in [4.69, 9.17) is 14.2 Å². The number of hydrogen-bond acceptors (Lipinski definition) is 6. The molecule has 0 amide bonds. The zero-order valence-corrected chi connectivity index (χ0v) is 19.6. The predicted molar refractivity (Wildman–Crippen MR) is 130 cm³/mol. The second-order valence-corrected chi connectivity index (χ2v) is 8.81. The molecular weight excluding hydrogens is 414 g/mol. The maximum Gasteiger partial charge on any atom is 0.162 e. The molecule has 0 saturated carbocycles. The highest BCUT2D eigenvalue weighted by Crippen LogP contribution is 2.49. The molecule has 6 nitrogen and oxygen atoms in total. The highest BCUT2D eigenvalue weighted by atomic mass is 16.5. The van der Waals surface area contributed by atoms with Gasteiger partial charge in [0.25, 0.3) is 0 Å². The van der Waals surface area contributed by atoms with Gasteiger partial charge in [-0.15, -0.1) is 0 Å². The van der Waals surface area contributed by atoms with E-state index in [-0.39, 0.29) is 12.1 Å². The number of benzene rings is 3. The summed E-state index contributed by atoms with van der Waals surface area (Å²) >= 11 is 0. The van der Waals surface area contributed by atoms with Crippen LogP contribution in [0.3, 0.4) is 0 Å². The Morgan fingerprint density at radius 2 is 1.48 bits per heavy atom. The van der Waals surface area contributed by atoms with Crippen molar-refractivity contribution in [3.63, 3.8) is 0 Å². The lowest BCUT2D eigenvalue weighted by Gasteiger charge is -2.39. The van der Waals surface area contributed by atoms with Crippen molar-refractivity contribution in [1.29, 1.82) is 0 Å². The SMILES string of the molecule is COc1ccc(C2NNC3c4cc(OC)c(OC)cc4N(Cc4ccc(C)cc4)CC23)cc1. The van der Waals surface area contributed by atoms with Crippen molar-refractivity contribution in [2.24, 2.45) is 5.92 Å². The van der Waals surface area contributed by atoms with Gasteiger partial charge < -0.3 is 19.1 Å². The summed E-state index contributed by atoms with van der Waals surface area (Å²) in [6, 6.07) is 21.7. The van der Waals surface area contributed by atoms with Crippen molar-refractivity contribution >= 4 is 5.69 Å². The van der Waals surface area contributed by atoms with Gasteiger partial charge >= 0.3 is 0 Å². The number of hydrazine groups is 1. The molecule has 1 saturated heterocycles. The maximum absolute atomic E-state index is 5.65. The molecule has 3 aromatic carbocycles. The van der Waals surface area contributed by atoms with E-state index in [1.165, 1.54) is 27.9 Å². The molecular formula is C27H31N3O3. The third-order valence-corrected chi connectivity index (χ3v) is 6.86. The molecule has 0 radical (unpaired) electrons. The van der Waals surface area contributed by atoms with Gasteiger partial charge in [0.2, 0.25) is 0 Å². The smallest absolute Gasteiger partial charge is 0.162 e. The van der Waals surface area contributed by atoms with Crippen LogP contribution in [0.4, 0.5) is 5.69 Å². The molecule has 3 unspecified atom stereocenters. The molecule has 3 atom stereocenters. The summed E-state index contributed by atoms with van der Waals surface area (Å²) in [4.78, 5) is 2.47. The Morgan fingerprint density at radius 3 is 2.15 bits per heavy atom. The highest BCUT2D eigenvalue weighted by Gasteiger charge is 2.43. The molecule has 1 fully saturated rings. The lowest BCUT2D eigenvalue weighted by atomic mass is 9.81. The van der Waals surface area contributed by atoms with E-state index in [0.717, 1.165) is 30.3 Å². The molecule has 0 aliphatic carbocycles. The molecule has 172 valence electrons. The number of fused-ring (bicyclic) bond motifs is 3. The third kappa shape index (κ3) is 4.01. The van der Waals surface area contributed by atoms with Gasteiger partial charge in [0.05, 0.1) is 33.4 Å². The molecule has 0 bridgehead atoms. The molecule has 0 spiro atoms. The molecule has 2 N–H and O–H groups in total. The van der Waals surface area contributed by atoms with Gasteiger partial charge in [0.1, 0.15) is 5.75 Å². The van der Waals surface area contributed by atoms with Crippen molar-refractivity contribution in [2.45, 2.75) is 25.6 Å². The van der Waals surface area contributed by atoms with Gasteiger partial charge in [0, 0.05) is 30.8 Å². The van der Waals surface area contributed by atoms with Gasteiger partial charge in [-0.25, -0.2) is 10.9 Å². The quantitative estimate of drug-likeness (QED) is 0.581. The summed E-state index contributed by atoms with van der Waals surface area (Å²) in [5, 5.41) is 0. The van der Waals surface area contributed by atoms with Gasteiger partial charge in [-0.1, -0.05) is 42.0 Å². The molecule has 33 heavy (non-hydrogen) atoms. The van der Waals surface area contributed by atoms with Crippen molar-refractivity contribution in [3.05, 3.63) is 82.9 Å². The van der Waals surface area contributed by atoms with Crippen LogP contribution >= 0.6 is 0 Å². The number of nitrogens with one attached hydrogen (secondary N) is 2. The van der Waals surface area contributed by atoms with Crippen LogP contribution in [0, 0.1) is 12.8 Å². The Bertz CT molecular complexity index is 1110. The molecule has 2 aliphatic heterocycles. The van der Waals surface area contributed by atoms with Crippen LogP contribution in [0.15, 0.2) is 60.7 Å². The number of methoxy groups -OCH3 is 3. The van der Waals surface area contributed by atoms with Crippen LogP contribution in [-0.4, -0.2) is 27.9 Å². The van der Waals surface area contributed by atoms with Crippen LogP contribution in [0.1, 0.15) is 34.3 Å². The van der Waals surface area contributed by atoms with Gasteiger partial charge in [-0.05, 0) is 41.8 Å². The number of rotatable bonds is 6. The Labute approximate surface area is 195 Å². The van der Waals surface area contributed by atoms with E-state index >= 15 is 0 Å². The molecule has 0 aromatic heterocycles. The van der Waals surface area contributed by atoms with E-state index in [1.807, 2.05) is 12.1 Å². The van der Waals surface area contributed by atoms with Crippen LogP contribution in [0.25, 0.3) is 0 Å². The summed E-state index contributed by atoms with van der Waals surface area (Å²) in [6.45, 7) is 3.87. The number of ether oxygens (including phenoxy) is 3. The van der Waals surface area contributed by atoms with Crippen LogP contribution < -0.4 is 30.0 Å². The first-order chi connectivity index (χ1) is 16.1. The minimum absolute atomic E-state index is 0.168. The van der Waals surface area contributed by atoms with Crippen molar-refractivity contribution < 1.29 is 14.2 Å². The van der Waals surface area contributed by atoms with Crippen LogP contribution in [0.5, 0.6) is 17.2 Å². The zero-order chi connectivity index (χ0) is 22.9. The van der Waals surface area contributed by atoms with E-state index < -0.39 is 0 Å². The predicted octanol–water partition coefficient (Wildman–Crippen LogP) is 4.55.